The second-order valence-electron chi connectivity index (χ2n) is 4.08. The molecule has 0 spiro atoms. The zero-order valence-corrected chi connectivity index (χ0v) is 13.3. The van der Waals surface area contributed by atoms with Gasteiger partial charge in [-0.05, 0) is 58.3 Å². The van der Waals surface area contributed by atoms with Crippen LogP contribution in [0.4, 0.5) is 0 Å². The van der Waals surface area contributed by atoms with Gasteiger partial charge in [0.2, 0.25) is 0 Å². The molecule has 0 aromatic carbocycles. The Bertz CT molecular complexity index is 272. The Morgan fingerprint density at radius 2 is 1.00 bits per heavy atom. The minimum absolute atomic E-state index is 0.0648. The summed E-state index contributed by atoms with van der Waals surface area (Å²) in [6, 6.07) is 0. The fourth-order valence-electron chi connectivity index (χ4n) is 0. The van der Waals surface area contributed by atoms with Crippen LogP contribution in [0.15, 0.2) is 36.5 Å². The Kier molecular flexibility index (Phi) is 14.7. The minimum atomic E-state index is 0.0648. The second kappa shape index (κ2) is 12.1. The molecule has 2 nitrogen and oxygen atoms in total. The lowest BCUT2D eigenvalue weighted by atomic mass is 10.2. The molecule has 0 aliphatic rings. The van der Waals surface area contributed by atoms with Gasteiger partial charge in [-0.15, -0.1) is 0 Å². The van der Waals surface area contributed by atoms with Crippen LogP contribution in [0.1, 0.15) is 41.5 Å². The van der Waals surface area contributed by atoms with E-state index in [0.29, 0.717) is 11.3 Å². The van der Waals surface area contributed by atoms with E-state index < -0.39 is 0 Å². The second-order valence-corrected chi connectivity index (χ2v) is 4.69. The van der Waals surface area contributed by atoms with Crippen LogP contribution in [0.3, 0.4) is 0 Å². The third-order valence-electron chi connectivity index (χ3n) is 1.84. The summed E-state index contributed by atoms with van der Waals surface area (Å²) in [5.41, 5.74) is 3.02. The topological polar surface area (TPSA) is 40.9 Å². The predicted molar refractivity (Wildman–Crippen MR) is 86.8 cm³/mol. The quantitative estimate of drug-likeness (QED) is 0.457. The van der Waals surface area contributed by atoms with Crippen molar-refractivity contribution >= 4 is 28.6 Å². The Labute approximate surface area is 117 Å². The molecule has 0 aromatic rings. The first-order valence-corrected chi connectivity index (χ1v) is 5.88. The number of nitrogens with one attached hydrogen (secondary N) is 1. The summed E-state index contributed by atoms with van der Waals surface area (Å²) >= 11 is 4.72. The summed E-state index contributed by atoms with van der Waals surface area (Å²) in [4.78, 5) is 10.9. The van der Waals surface area contributed by atoms with Gasteiger partial charge < -0.3 is 5.41 Å². The predicted octanol–water partition coefficient (Wildman–Crippen LogP) is 4.71. The third-order valence-corrected chi connectivity index (χ3v) is 2.19. The van der Waals surface area contributed by atoms with E-state index in [0.717, 1.165) is 16.0 Å². The van der Waals surface area contributed by atoms with Crippen LogP contribution in [0.25, 0.3) is 0 Å². The van der Waals surface area contributed by atoms with Gasteiger partial charge in [-0.2, -0.15) is 0 Å². The van der Waals surface area contributed by atoms with Gasteiger partial charge >= 0.3 is 0 Å². The average molecular weight is 267 g/mol. The molecule has 18 heavy (non-hydrogen) atoms. The lowest BCUT2D eigenvalue weighted by Crippen LogP contribution is -1.86. The van der Waals surface area contributed by atoms with Gasteiger partial charge in [0.25, 0.3) is 0 Å². The van der Waals surface area contributed by atoms with Gasteiger partial charge in [-0.25, -0.2) is 0 Å². The highest BCUT2D eigenvalue weighted by molar-refractivity contribution is 7.80. The number of ketones is 1. The number of hydrogen-bond acceptors (Lipinski definition) is 3. The van der Waals surface area contributed by atoms with E-state index in [1.54, 1.807) is 13.8 Å². The molecule has 0 rings (SSSR count). The summed E-state index contributed by atoms with van der Waals surface area (Å²) in [6.45, 7) is 21.1. The number of carbonyl (C=O) groups excluding carboxylic acids is 1. The molecule has 0 aliphatic carbocycles. The Hall–Kier alpha value is -1.35. The first-order chi connectivity index (χ1) is 7.93. The van der Waals surface area contributed by atoms with Gasteiger partial charge in [0.05, 0.1) is 0 Å². The Morgan fingerprint density at radius 3 is 1.00 bits per heavy atom. The van der Waals surface area contributed by atoms with E-state index in [9.17, 15) is 4.79 Å². The number of rotatable bonds is 3. The van der Waals surface area contributed by atoms with Crippen molar-refractivity contribution in [1.29, 1.82) is 5.41 Å². The number of allylic oxidation sites excluding steroid dienone is 3. The van der Waals surface area contributed by atoms with Crippen molar-refractivity contribution in [3.63, 3.8) is 0 Å². The smallest absolute Gasteiger partial charge is 0.154 e. The van der Waals surface area contributed by atoms with Crippen molar-refractivity contribution in [3.8, 4) is 0 Å². The molecule has 0 amide bonds. The van der Waals surface area contributed by atoms with Gasteiger partial charge in [-0.1, -0.05) is 32.0 Å². The lowest BCUT2D eigenvalue weighted by molar-refractivity contribution is -0.113. The number of thiocarbonyl (C=S) groups is 1. The van der Waals surface area contributed by atoms with E-state index >= 15 is 0 Å². The van der Waals surface area contributed by atoms with E-state index in [-0.39, 0.29) is 5.78 Å². The van der Waals surface area contributed by atoms with Crippen molar-refractivity contribution in [1.82, 2.24) is 0 Å². The normalized spacial score (nSPS) is 7.67. The summed E-state index contributed by atoms with van der Waals surface area (Å²) < 4.78 is 0. The van der Waals surface area contributed by atoms with E-state index in [1.165, 1.54) is 6.92 Å². The van der Waals surface area contributed by atoms with E-state index in [1.807, 2.05) is 20.8 Å². The fourth-order valence-corrected chi connectivity index (χ4v) is 0. The molecule has 0 aliphatic heterocycles. The number of Topliss-reactive ketones (excluding diaryl/α,β-unsaturated/α-hetero) is 1. The molecule has 0 saturated heterocycles. The molecule has 0 radical (unpaired) electrons. The highest BCUT2D eigenvalue weighted by Gasteiger charge is 1.86. The molecule has 0 aromatic heterocycles. The zero-order valence-electron chi connectivity index (χ0n) is 12.4. The van der Waals surface area contributed by atoms with Crippen molar-refractivity contribution in [2.24, 2.45) is 0 Å². The van der Waals surface area contributed by atoms with Crippen molar-refractivity contribution in [2.45, 2.75) is 41.5 Å². The minimum Gasteiger partial charge on any atom is -0.305 e. The standard InChI is InChI=1S/C5H9N.C5H8O.C5H8S/c3*1-4(2)5(3)6/h6H,1H2,2-3H3;2*1H2,2-3H3. The molecule has 1 N–H and O–H groups in total. The van der Waals surface area contributed by atoms with Crippen LogP contribution >= 0.6 is 12.2 Å². The molecule has 0 unspecified atom stereocenters. The summed E-state index contributed by atoms with van der Waals surface area (Å²) in [5.74, 6) is 0.0648. The van der Waals surface area contributed by atoms with Crippen LogP contribution in [0, 0.1) is 5.41 Å². The van der Waals surface area contributed by atoms with Crippen molar-refractivity contribution < 1.29 is 4.79 Å². The molecular formula is C15H25NOS. The average Bonchev–Trinajstić information content (AvgIpc) is 2.18. The number of carbonyl (C=O) groups is 1. The number of hydrogen-bond donors (Lipinski definition) is 1. The molecule has 102 valence electrons. The SMILES string of the molecule is C=C(C)C(C)=N.C=C(C)C(C)=O.C=C(C)C(C)=S. The first-order valence-electron chi connectivity index (χ1n) is 5.47. The Morgan fingerprint density at radius 1 is 0.833 bits per heavy atom. The van der Waals surface area contributed by atoms with Crippen LogP contribution in [-0.2, 0) is 4.79 Å². The van der Waals surface area contributed by atoms with Gasteiger partial charge in [0.15, 0.2) is 5.78 Å². The maximum absolute atomic E-state index is 10.0. The van der Waals surface area contributed by atoms with Crippen LogP contribution in [0.2, 0.25) is 0 Å². The lowest BCUT2D eigenvalue weighted by Gasteiger charge is -1.85. The highest BCUT2D eigenvalue weighted by atomic mass is 32.1. The zero-order chi connectivity index (χ0) is 15.5. The van der Waals surface area contributed by atoms with Gasteiger partial charge in [0.1, 0.15) is 0 Å². The molecular weight excluding hydrogens is 242 g/mol. The summed E-state index contributed by atoms with van der Waals surface area (Å²) in [5, 5.41) is 6.85. The maximum Gasteiger partial charge on any atom is 0.154 e. The highest BCUT2D eigenvalue weighted by Crippen LogP contribution is 1.88. The van der Waals surface area contributed by atoms with E-state index in [4.69, 9.17) is 17.6 Å². The summed E-state index contributed by atoms with van der Waals surface area (Å²) in [7, 11) is 0. The molecule has 0 heterocycles. The van der Waals surface area contributed by atoms with Crippen molar-refractivity contribution in [2.75, 3.05) is 0 Å². The third kappa shape index (κ3) is 24.1. The Balaban J connectivity index is -0.000000187. The van der Waals surface area contributed by atoms with Crippen molar-refractivity contribution in [3.05, 3.63) is 36.5 Å². The van der Waals surface area contributed by atoms with Gasteiger partial charge in [-0.3, -0.25) is 4.79 Å². The van der Waals surface area contributed by atoms with E-state index in [2.05, 4.69) is 19.7 Å². The molecule has 0 fully saturated rings. The maximum atomic E-state index is 10.0. The first kappa shape index (κ1) is 21.9. The monoisotopic (exact) mass is 267 g/mol. The molecule has 0 saturated carbocycles. The van der Waals surface area contributed by atoms with Crippen LogP contribution in [-0.4, -0.2) is 16.4 Å². The molecule has 0 atom stereocenters. The van der Waals surface area contributed by atoms with Crippen LogP contribution in [0.5, 0.6) is 0 Å². The summed E-state index contributed by atoms with van der Waals surface area (Å²) in [6.07, 6.45) is 0. The fraction of sp³-hybridized carbons (Fsp3) is 0.400. The molecule has 3 heteroatoms. The largest absolute Gasteiger partial charge is 0.305 e. The van der Waals surface area contributed by atoms with Crippen LogP contribution < -0.4 is 0 Å². The molecule has 0 bridgehead atoms. The van der Waals surface area contributed by atoms with Gasteiger partial charge in [0, 0.05) is 10.6 Å².